The summed E-state index contributed by atoms with van der Waals surface area (Å²) in [6.07, 6.45) is 1.32. The van der Waals surface area contributed by atoms with Crippen LogP contribution in [0.25, 0.3) is 10.9 Å². The summed E-state index contributed by atoms with van der Waals surface area (Å²) in [4.78, 5) is 8.12. The molecule has 0 atom stereocenters. The molecule has 1 aromatic heterocycles. The molecule has 102 valence electrons. The highest BCUT2D eigenvalue weighted by atomic mass is 35.5. The van der Waals surface area contributed by atoms with Gasteiger partial charge in [-0.2, -0.15) is 5.26 Å². The highest BCUT2D eigenvalue weighted by Gasteiger charge is 2.12. The van der Waals surface area contributed by atoms with Crippen LogP contribution in [0.4, 0.5) is 4.39 Å². The Morgan fingerprint density at radius 1 is 1.19 bits per heavy atom. The van der Waals surface area contributed by atoms with Gasteiger partial charge in [-0.05, 0) is 30.3 Å². The first-order valence-corrected chi connectivity index (χ1v) is 6.33. The lowest BCUT2D eigenvalue weighted by Crippen LogP contribution is -1.95. The minimum Gasteiger partial charge on any atom is -0.437 e. The molecule has 0 N–H and O–H groups in total. The van der Waals surface area contributed by atoms with Crippen molar-refractivity contribution in [1.29, 1.82) is 5.26 Å². The Hall–Kier alpha value is -2.71. The molecule has 0 aliphatic rings. The van der Waals surface area contributed by atoms with Crippen molar-refractivity contribution in [2.75, 3.05) is 0 Å². The Balaban J connectivity index is 2.11. The number of nitriles is 1. The molecule has 0 bridgehead atoms. The second-order valence-corrected chi connectivity index (χ2v) is 4.60. The maximum absolute atomic E-state index is 13.6. The van der Waals surface area contributed by atoms with Crippen LogP contribution in [0.1, 0.15) is 5.56 Å². The lowest BCUT2D eigenvalue weighted by molar-refractivity contribution is 0.461. The van der Waals surface area contributed by atoms with Crippen molar-refractivity contribution in [2.24, 2.45) is 0 Å². The zero-order valence-electron chi connectivity index (χ0n) is 10.5. The number of halogens is 2. The fourth-order valence-electron chi connectivity index (χ4n) is 1.89. The van der Waals surface area contributed by atoms with Gasteiger partial charge < -0.3 is 4.74 Å². The molecule has 4 nitrogen and oxygen atoms in total. The zero-order chi connectivity index (χ0) is 14.8. The third-order valence-corrected chi connectivity index (χ3v) is 3.09. The van der Waals surface area contributed by atoms with Crippen molar-refractivity contribution in [2.45, 2.75) is 0 Å². The number of nitrogens with zero attached hydrogens (tertiary/aromatic N) is 3. The average molecular weight is 300 g/mol. The van der Waals surface area contributed by atoms with Crippen molar-refractivity contribution >= 4 is 22.5 Å². The van der Waals surface area contributed by atoms with E-state index >= 15 is 0 Å². The minimum absolute atomic E-state index is 0.104. The fourth-order valence-corrected chi connectivity index (χ4v) is 2.06. The van der Waals surface area contributed by atoms with Gasteiger partial charge >= 0.3 is 0 Å². The summed E-state index contributed by atoms with van der Waals surface area (Å²) in [6, 6.07) is 11.0. The van der Waals surface area contributed by atoms with Gasteiger partial charge in [0.2, 0.25) is 5.88 Å². The highest BCUT2D eigenvalue weighted by Crippen LogP contribution is 2.30. The van der Waals surface area contributed by atoms with Gasteiger partial charge in [0.1, 0.15) is 29.5 Å². The Morgan fingerprint density at radius 2 is 2.05 bits per heavy atom. The first-order valence-electron chi connectivity index (χ1n) is 5.96. The molecule has 0 saturated carbocycles. The molecule has 0 amide bonds. The third kappa shape index (κ3) is 2.49. The predicted octanol–water partition coefficient (Wildman–Crippen LogP) is 4.09. The van der Waals surface area contributed by atoms with E-state index in [1.54, 1.807) is 24.3 Å². The first-order chi connectivity index (χ1) is 10.2. The molecule has 6 heteroatoms. The molecule has 0 radical (unpaired) electrons. The van der Waals surface area contributed by atoms with E-state index in [9.17, 15) is 4.39 Å². The van der Waals surface area contributed by atoms with Gasteiger partial charge in [-0.15, -0.1) is 0 Å². The fraction of sp³-hybridized carbons (Fsp3) is 0. The van der Waals surface area contributed by atoms with Crippen LogP contribution in [0.15, 0.2) is 42.7 Å². The molecule has 0 saturated heterocycles. The van der Waals surface area contributed by atoms with Crippen molar-refractivity contribution in [3.8, 4) is 17.7 Å². The van der Waals surface area contributed by atoms with E-state index in [0.29, 0.717) is 15.9 Å². The normalized spacial score (nSPS) is 10.3. The number of hydrogen-bond donors (Lipinski definition) is 0. The average Bonchev–Trinajstić information content (AvgIpc) is 2.47. The van der Waals surface area contributed by atoms with E-state index in [0.717, 1.165) is 0 Å². The number of ether oxygens (including phenoxy) is 1. The van der Waals surface area contributed by atoms with Crippen molar-refractivity contribution in [3.63, 3.8) is 0 Å². The highest BCUT2D eigenvalue weighted by molar-refractivity contribution is 6.31. The topological polar surface area (TPSA) is 58.8 Å². The molecule has 0 unspecified atom stereocenters. The number of aromatic nitrogens is 2. The van der Waals surface area contributed by atoms with Crippen LogP contribution in [0.5, 0.6) is 11.6 Å². The van der Waals surface area contributed by atoms with Gasteiger partial charge in [-0.25, -0.2) is 14.4 Å². The molecule has 0 fully saturated rings. The second-order valence-electron chi connectivity index (χ2n) is 4.17. The summed E-state index contributed by atoms with van der Waals surface area (Å²) in [6.45, 7) is 0. The molecule has 3 rings (SSSR count). The summed E-state index contributed by atoms with van der Waals surface area (Å²) >= 11 is 5.91. The van der Waals surface area contributed by atoms with E-state index in [-0.39, 0.29) is 17.2 Å². The summed E-state index contributed by atoms with van der Waals surface area (Å²) in [7, 11) is 0. The van der Waals surface area contributed by atoms with Crippen molar-refractivity contribution < 1.29 is 9.13 Å². The lowest BCUT2D eigenvalue weighted by Gasteiger charge is -2.09. The maximum atomic E-state index is 13.6. The van der Waals surface area contributed by atoms with Gasteiger partial charge in [0.15, 0.2) is 0 Å². The number of rotatable bonds is 2. The van der Waals surface area contributed by atoms with Crippen LogP contribution in [-0.2, 0) is 0 Å². The van der Waals surface area contributed by atoms with E-state index in [1.807, 2.05) is 0 Å². The van der Waals surface area contributed by atoms with Gasteiger partial charge in [0, 0.05) is 5.02 Å². The van der Waals surface area contributed by atoms with E-state index in [2.05, 4.69) is 9.97 Å². The summed E-state index contributed by atoms with van der Waals surface area (Å²) < 4.78 is 19.1. The molecule has 0 aliphatic carbocycles. The lowest BCUT2D eigenvalue weighted by atomic mass is 10.2. The quantitative estimate of drug-likeness (QED) is 0.715. The summed E-state index contributed by atoms with van der Waals surface area (Å²) in [5, 5.41) is 10.2. The summed E-state index contributed by atoms with van der Waals surface area (Å²) in [5.74, 6) is -0.303. The summed E-state index contributed by atoms with van der Waals surface area (Å²) in [5.41, 5.74) is 0.431. The Kier molecular flexibility index (Phi) is 3.38. The van der Waals surface area contributed by atoms with Crippen LogP contribution in [0, 0.1) is 17.1 Å². The van der Waals surface area contributed by atoms with Crippen LogP contribution < -0.4 is 4.74 Å². The number of fused-ring (bicyclic) bond motifs is 1. The monoisotopic (exact) mass is 299 g/mol. The SMILES string of the molecule is N#Cc1c(F)cccc1Oc1ncnc2cc(Cl)ccc12. The molecule has 2 aromatic carbocycles. The zero-order valence-corrected chi connectivity index (χ0v) is 11.3. The Bertz CT molecular complexity index is 876. The Labute approximate surface area is 124 Å². The minimum atomic E-state index is -0.642. The molecular weight excluding hydrogens is 293 g/mol. The molecule has 1 heterocycles. The molecular formula is C15H7ClFN3O. The predicted molar refractivity (Wildman–Crippen MR) is 75.7 cm³/mol. The first kappa shape index (κ1) is 13.3. The van der Waals surface area contributed by atoms with Gasteiger partial charge in [-0.3, -0.25) is 0 Å². The second kappa shape index (κ2) is 5.35. The smallest absolute Gasteiger partial charge is 0.230 e. The Morgan fingerprint density at radius 3 is 2.86 bits per heavy atom. The molecule has 21 heavy (non-hydrogen) atoms. The van der Waals surface area contributed by atoms with Crippen LogP contribution in [0.2, 0.25) is 5.02 Å². The largest absolute Gasteiger partial charge is 0.437 e. The van der Waals surface area contributed by atoms with Gasteiger partial charge in [-0.1, -0.05) is 17.7 Å². The number of hydrogen-bond acceptors (Lipinski definition) is 4. The molecule has 0 aliphatic heterocycles. The van der Waals surface area contributed by atoms with Crippen LogP contribution in [-0.4, -0.2) is 9.97 Å². The maximum Gasteiger partial charge on any atom is 0.230 e. The van der Waals surface area contributed by atoms with E-state index in [4.69, 9.17) is 21.6 Å². The standard InChI is InChI=1S/C15H7ClFN3O/c16-9-4-5-10-13(6-9)19-8-20-15(10)21-14-3-1-2-12(17)11(14)7-18/h1-6,8H. The van der Waals surface area contributed by atoms with Gasteiger partial charge in [0.25, 0.3) is 0 Å². The van der Waals surface area contributed by atoms with E-state index < -0.39 is 5.82 Å². The van der Waals surface area contributed by atoms with Crippen LogP contribution >= 0.6 is 11.6 Å². The third-order valence-electron chi connectivity index (χ3n) is 2.86. The van der Waals surface area contributed by atoms with E-state index in [1.165, 1.54) is 24.5 Å². The number of benzene rings is 2. The van der Waals surface area contributed by atoms with Crippen molar-refractivity contribution in [1.82, 2.24) is 9.97 Å². The molecule has 3 aromatic rings. The molecule has 0 spiro atoms. The van der Waals surface area contributed by atoms with Gasteiger partial charge in [0.05, 0.1) is 10.9 Å². The van der Waals surface area contributed by atoms with Crippen LogP contribution in [0.3, 0.4) is 0 Å². The van der Waals surface area contributed by atoms with Crippen molar-refractivity contribution in [3.05, 3.63) is 59.1 Å².